The van der Waals surface area contributed by atoms with Crippen molar-refractivity contribution in [2.45, 2.75) is 5.75 Å². The highest BCUT2D eigenvalue weighted by atomic mass is 35.5. The third-order valence-electron chi connectivity index (χ3n) is 2.92. The molecule has 0 aliphatic rings. The number of hydrogen-bond acceptors (Lipinski definition) is 2. The second-order valence-corrected chi connectivity index (χ2v) is 7.22. The molecule has 20 heavy (non-hydrogen) atoms. The van der Waals surface area contributed by atoms with E-state index in [1.807, 2.05) is 42.5 Å². The molecule has 0 aliphatic heterocycles. The summed E-state index contributed by atoms with van der Waals surface area (Å²) in [6, 6.07) is 13.1. The van der Waals surface area contributed by atoms with Crippen LogP contribution < -0.4 is 0 Å². The van der Waals surface area contributed by atoms with Crippen molar-refractivity contribution in [3.8, 4) is 16.9 Å². The van der Waals surface area contributed by atoms with Gasteiger partial charge in [-0.1, -0.05) is 23.7 Å². The van der Waals surface area contributed by atoms with E-state index in [2.05, 4.69) is 4.74 Å². The molecule has 0 fully saturated rings. The van der Waals surface area contributed by atoms with Crippen LogP contribution in [0.1, 0.15) is 5.56 Å². The molecule has 0 unspecified atom stereocenters. The molecule has 0 atom stereocenters. The zero-order valence-electron chi connectivity index (χ0n) is 11.3. The molecule has 0 heterocycles. The van der Waals surface area contributed by atoms with Crippen LogP contribution in [0.3, 0.4) is 0 Å². The SMILES string of the molecule is C[OH+]c1ccc(-c2ccc(Cl)cc2)cc1CS(C)(=O)=O. The van der Waals surface area contributed by atoms with E-state index in [1.165, 1.54) is 6.26 Å². The first-order valence-corrected chi connectivity index (χ1v) is 8.49. The molecule has 0 aliphatic carbocycles. The highest BCUT2D eigenvalue weighted by molar-refractivity contribution is 7.89. The highest BCUT2D eigenvalue weighted by Gasteiger charge is 2.14. The maximum Gasteiger partial charge on any atom is 0.258 e. The lowest BCUT2D eigenvalue weighted by atomic mass is 10.0. The largest absolute Gasteiger partial charge is 0.584 e. The van der Waals surface area contributed by atoms with Gasteiger partial charge in [0.05, 0.1) is 11.3 Å². The Bertz CT molecular complexity index is 706. The van der Waals surface area contributed by atoms with Crippen LogP contribution in [0, 0.1) is 0 Å². The first-order valence-electron chi connectivity index (χ1n) is 6.05. The molecule has 3 nitrogen and oxygen atoms in total. The molecular formula is C15H16ClO3S+. The maximum absolute atomic E-state index is 11.5. The Morgan fingerprint density at radius 2 is 1.65 bits per heavy atom. The zero-order chi connectivity index (χ0) is 14.8. The van der Waals surface area contributed by atoms with Crippen molar-refractivity contribution < 1.29 is 13.2 Å². The van der Waals surface area contributed by atoms with E-state index in [0.29, 0.717) is 16.3 Å². The third-order valence-corrected chi connectivity index (χ3v) is 4.00. The summed E-state index contributed by atoms with van der Waals surface area (Å²) >= 11 is 5.87. The summed E-state index contributed by atoms with van der Waals surface area (Å²) in [5.41, 5.74) is 2.65. The Balaban J connectivity index is 2.46. The van der Waals surface area contributed by atoms with E-state index in [4.69, 9.17) is 11.6 Å². The van der Waals surface area contributed by atoms with E-state index >= 15 is 0 Å². The fourth-order valence-electron chi connectivity index (χ4n) is 2.02. The molecule has 0 aromatic heterocycles. The smallest absolute Gasteiger partial charge is 0.258 e. The summed E-state index contributed by atoms with van der Waals surface area (Å²) < 4.78 is 27.1. The van der Waals surface area contributed by atoms with Crippen molar-refractivity contribution in [1.82, 2.24) is 0 Å². The van der Waals surface area contributed by atoms with Crippen LogP contribution in [0.5, 0.6) is 5.75 Å². The van der Waals surface area contributed by atoms with Crippen LogP contribution in [0.4, 0.5) is 0 Å². The molecule has 0 bridgehead atoms. The van der Waals surface area contributed by atoms with Gasteiger partial charge in [0.25, 0.3) is 5.75 Å². The van der Waals surface area contributed by atoms with Gasteiger partial charge in [-0.15, -0.1) is 0 Å². The topological polar surface area (TPSA) is 46.9 Å². The van der Waals surface area contributed by atoms with Crippen LogP contribution in [-0.2, 0) is 15.6 Å². The first-order chi connectivity index (χ1) is 9.39. The van der Waals surface area contributed by atoms with Gasteiger partial charge in [-0.3, -0.25) is 0 Å². The Morgan fingerprint density at radius 3 is 2.20 bits per heavy atom. The van der Waals surface area contributed by atoms with Crippen molar-refractivity contribution in [2.24, 2.45) is 0 Å². The predicted octanol–water partition coefficient (Wildman–Crippen LogP) is 3.42. The Labute approximate surface area is 124 Å². The summed E-state index contributed by atoms with van der Waals surface area (Å²) in [5.74, 6) is 0.689. The van der Waals surface area contributed by atoms with Crippen molar-refractivity contribution in [2.75, 3.05) is 13.4 Å². The highest BCUT2D eigenvalue weighted by Crippen LogP contribution is 2.29. The number of rotatable bonds is 4. The number of benzene rings is 2. The summed E-state index contributed by atoms with van der Waals surface area (Å²) in [6.07, 6.45) is 1.22. The van der Waals surface area contributed by atoms with Gasteiger partial charge in [-0.2, -0.15) is 0 Å². The molecule has 2 aromatic rings. The van der Waals surface area contributed by atoms with Crippen molar-refractivity contribution in [1.29, 1.82) is 0 Å². The van der Waals surface area contributed by atoms with E-state index in [1.54, 1.807) is 7.11 Å². The van der Waals surface area contributed by atoms with Gasteiger partial charge in [-0.05, 0) is 35.4 Å². The maximum atomic E-state index is 11.5. The molecule has 0 saturated carbocycles. The molecule has 2 aromatic carbocycles. The molecule has 5 heteroatoms. The number of halogens is 1. The van der Waals surface area contributed by atoms with Crippen LogP contribution in [-0.4, -0.2) is 26.5 Å². The van der Waals surface area contributed by atoms with E-state index in [9.17, 15) is 8.42 Å². The normalized spacial score (nSPS) is 11.3. The first kappa shape index (κ1) is 14.9. The fraction of sp³-hybridized carbons (Fsp3) is 0.200. The monoisotopic (exact) mass is 311 g/mol. The lowest BCUT2D eigenvalue weighted by Gasteiger charge is -2.08. The Morgan fingerprint density at radius 1 is 1.05 bits per heavy atom. The van der Waals surface area contributed by atoms with Crippen molar-refractivity contribution in [3.63, 3.8) is 0 Å². The lowest BCUT2D eigenvalue weighted by molar-refractivity contribution is 0.134. The lowest BCUT2D eigenvalue weighted by Crippen LogP contribution is -2.02. The quantitative estimate of drug-likeness (QED) is 0.812. The van der Waals surface area contributed by atoms with E-state index in [0.717, 1.165) is 11.1 Å². The molecule has 1 N–H and O–H groups in total. The standard InChI is InChI=1S/C15H15ClO3S/c1-19-15-8-5-12(9-13(15)10-20(2,17)18)11-3-6-14(16)7-4-11/h3-9H,10H2,1-2H3/p+1. The van der Waals surface area contributed by atoms with Gasteiger partial charge in [0.1, 0.15) is 0 Å². The second kappa shape index (κ2) is 5.85. The van der Waals surface area contributed by atoms with Gasteiger partial charge in [0.2, 0.25) is 0 Å². The summed E-state index contributed by atoms with van der Waals surface area (Å²) in [5, 5.41) is 0.672. The number of ether oxygens (including phenoxy) is 1. The average molecular weight is 312 g/mol. The van der Waals surface area contributed by atoms with Gasteiger partial charge >= 0.3 is 0 Å². The third kappa shape index (κ3) is 3.74. The molecule has 0 spiro atoms. The van der Waals surface area contributed by atoms with Crippen molar-refractivity contribution in [3.05, 3.63) is 53.1 Å². The summed E-state index contributed by atoms with van der Waals surface area (Å²) in [7, 11) is -1.44. The minimum absolute atomic E-state index is 0.0128. The average Bonchev–Trinajstić information content (AvgIpc) is 2.37. The van der Waals surface area contributed by atoms with Gasteiger partial charge in [0.15, 0.2) is 16.9 Å². The van der Waals surface area contributed by atoms with Crippen LogP contribution in [0.2, 0.25) is 5.02 Å². The number of aromatic hydroxyl groups is 1. The van der Waals surface area contributed by atoms with E-state index < -0.39 is 9.84 Å². The molecular weight excluding hydrogens is 296 g/mol. The Hall–Kier alpha value is -1.52. The summed E-state index contributed by atoms with van der Waals surface area (Å²) in [6.45, 7) is 0. The summed E-state index contributed by atoms with van der Waals surface area (Å²) in [4.78, 5) is 0. The van der Waals surface area contributed by atoms with E-state index in [-0.39, 0.29) is 5.75 Å². The molecule has 0 saturated heterocycles. The zero-order valence-corrected chi connectivity index (χ0v) is 12.9. The predicted molar refractivity (Wildman–Crippen MR) is 83.0 cm³/mol. The number of aliphatic hydroxyl groups is 1. The number of sulfone groups is 1. The van der Waals surface area contributed by atoms with Crippen molar-refractivity contribution >= 4 is 21.4 Å². The van der Waals surface area contributed by atoms with Crippen LogP contribution in [0.25, 0.3) is 11.1 Å². The fourth-order valence-corrected chi connectivity index (χ4v) is 2.95. The Kier molecular flexibility index (Phi) is 4.35. The van der Waals surface area contributed by atoms with Crippen LogP contribution in [0.15, 0.2) is 42.5 Å². The van der Waals surface area contributed by atoms with Gasteiger partial charge < -0.3 is 4.74 Å². The second-order valence-electron chi connectivity index (χ2n) is 4.64. The molecule has 2 rings (SSSR count). The molecule has 106 valence electrons. The van der Waals surface area contributed by atoms with Gasteiger partial charge in [0, 0.05) is 17.3 Å². The number of hydrogen-bond donors (Lipinski definition) is 0. The minimum atomic E-state index is -3.10. The molecule has 0 radical (unpaired) electrons. The minimum Gasteiger partial charge on any atom is -0.584 e. The molecule has 0 amide bonds. The van der Waals surface area contributed by atoms with Crippen LogP contribution >= 0.6 is 11.6 Å². The van der Waals surface area contributed by atoms with Gasteiger partial charge in [-0.25, -0.2) is 8.42 Å².